The van der Waals surface area contributed by atoms with Crippen LogP contribution >= 0.6 is 0 Å². The van der Waals surface area contributed by atoms with Gasteiger partial charge in [-0.05, 0) is 62.6 Å². The normalized spacial score (nSPS) is 14.8. The summed E-state index contributed by atoms with van der Waals surface area (Å²) in [4.78, 5) is 39.5. The molecule has 0 unspecified atom stereocenters. The van der Waals surface area contributed by atoms with Crippen molar-refractivity contribution < 1.29 is 14.3 Å². The van der Waals surface area contributed by atoms with E-state index in [0.717, 1.165) is 30.7 Å². The van der Waals surface area contributed by atoms with Gasteiger partial charge in [-0.15, -0.1) is 0 Å². The SMILES string of the molecule is C=CC(=O)Nc1nc(Nc2ccc(O[C@@H](C)CC)cc2)nc2c1ncn2C1CCN(C(=O)C=C)CC1. The maximum atomic E-state index is 12.1. The zero-order chi connectivity index (χ0) is 25.7. The Bertz CT molecular complexity index is 1260. The summed E-state index contributed by atoms with van der Waals surface area (Å²) < 4.78 is 7.84. The Hall–Kier alpha value is -4.21. The van der Waals surface area contributed by atoms with E-state index >= 15 is 0 Å². The molecule has 1 aliphatic rings. The molecule has 0 radical (unpaired) electrons. The van der Waals surface area contributed by atoms with Crippen LogP contribution in [0.3, 0.4) is 0 Å². The van der Waals surface area contributed by atoms with Gasteiger partial charge in [-0.1, -0.05) is 20.1 Å². The second-order valence-corrected chi connectivity index (χ2v) is 8.66. The highest BCUT2D eigenvalue weighted by Gasteiger charge is 2.25. The predicted octanol–water partition coefficient (Wildman–Crippen LogP) is 4.22. The number of nitrogens with zero attached hydrogens (tertiary/aromatic N) is 5. The molecule has 0 spiro atoms. The van der Waals surface area contributed by atoms with E-state index in [0.29, 0.717) is 36.0 Å². The average Bonchev–Trinajstić information content (AvgIpc) is 3.33. The number of imidazole rings is 1. The van der Waals surface area contributed by atoms with Crippen LogP contribution in [0.15, 0.2) is 55.9 Å². The predicted molar refractivity (Wildman–Crippen MR) is 139 cm³/mol. The molecule has 188 valence electrons. The van der Waals surface area contributed by atoms with Crippen molar-refractivity contribution in [3.63, 3.8) is 0 Å². The van der Waals surface area contributed by atoms with Crippen molar-refractivity contribution in [2.45, 2.75) is 45.3 Å². The van der Waals surface area contributed by atoms with Crippen LogP contribution in [-0.2, 0) is 9.59 Å². The molecule has 0 bridgehead atoms. The van der Waals surface area contributed by atoms with Crippen LogP contribution in [0.5, 0.6) is 5.75 Å². The van der Waals surface area contributed by atoms with Crippen molar-refractivity contribution in [1.82, 2.24) is 24.4 Å². The fourth-order valence-corrected chi connectivity index (χ4v) is 4.05. The van der Waals surface area contributed by atoms with E-state index in [2.05, 4.69) is 40.7 Å². The van der Waals surface area contributed by atoms with Crippen LogP contribution in [0.4, 0.5) is 17.5 Å². The largest absolute Gasteiger partial charge is 0.491 e. The third kappa shape index (κ3) is 5.54. The first kappa shape index (κ1) is 24.9. The summed E-state index contributed by atoms with van der Waals surface area (Å²) in [7, 11) is 0. The molecule has 3 heterocycles. The second-order valence-electron chi connectivity index (χ2n) is 8.66. The van der Waals surface area contributed by atoms with E-state index < -0.39 is 5.91 Å². The Balaban J connectivity index is 1.62. The number of hydrogen-bond acceptors (Lipinski definition) is 7. The quantitative estimate of drug-likeness (QED) is 0.433. The molecule has 3 aromatic rings. The van der Waals surface area contributed by atoms with Crippen molar-refractivity contribution in [1.29, 1.82) is 0 Å². The van der Waals surface area contributed by atoms with Crippen LogP contribution in [0.1, 0.15) is 39.2 Å². The fourth-order valence-electron chi connectivity index (χ4n) is 4.05. The molecule has 0 aliphatic carbocycles. The Morgan fingerprint density at radius 2 is 1.89 bits per heavy atom. The lowest BCUT2D eigenvalue weighted by molar-refractivity contribution is -0.127. The number of likely N-dealkylation sites (tertiary alicyclic amines) is 1. The van der Waals surface area contributed by atoms with E-state index in [1.54, 1.807) is 11.2 Å². The number of hydrogen-bond donors (Lipinski definition) is 2. The van der Waals surface area contributed by atoms with Crippen LogP contribution < -0.4 is 15.4 Å². The van der Waals surface area contributed by atoms with Crippen molar-refractivity contribution in [3.05, 3.63) is 55.9 Å². The van der Waals surface area contributed by atoms with E-state index in [4.69, 9.17) is 9.72 Å². The van der Waals surface area contributed by atoms with E-state index in [-0.39, 0.29) is 18.1 Å². The number of anilines is 3. The lowest BCUT2D eigenvalue weighted by Crippen LogP contribution is -2.38. The maximum Gasteiger partial charge on any atom is 0.248 e. The molecule has 1 aliphatic heterocycles. The van der Waals surface area contributed by atoms with Gasteiger partial charge in [0.15, 0.2) is 17.0 Å². The summed E-state index contributed by atoms with van der Waals surface area (Å²) in [5, 5.41) is 5.95. The Morgan fingerprint density at radius 3 is 2.53 bits per heavy atom. The molecule has 4 rings (SSSR count). The molecule has 1 saturated heterocycles. The summed E-state index contributed by atoms with van der Waals surface area (Å²) in [6.07, 6.45) is 6.80. The first-order valence-electron chi connectivity index (χ1n) is 12.0. The molecule has 1 aromatic carbocycles. The lowest BCUT2D eigenvalue weighted by Gasteiger charge is -2.32. The first-order chi connectivity index (χ1) is 17.4. The van der Waals surface area contributed by atoms with Crippen LogP contribution in [0.25, 0.3) is 11.2 Å². The average molecular weight is 490 g/mol. The molecule has 36 heavy (non-hydrogen) atoms. The fraction of sp³-hybridized carbons (Fsp3) is 0.346. The highest BCUT2D eigenvalue weighted by Crippen LogP contribution is 2.30. The maximum absolute atomic E-state index is 12.1. The van der Waals surface area contributed by atoms with Gasteiger partial charge in [0.1, 0.15) is 5.75 Å². The van der Waals surface area contributed by atoms with Gasteiger partial charge in [-0.3, -0.25) is 9.59 Å². The summed E-state index contributed by atoms with van der Waals surface area (Å²) in [6, 6.07) is 7.64. The van der Waals surface area contributed by atoms with Crippen molar-refractivity contribution in [2.75, 3.05) is 23.7 Å². The Labute approximate surface area is 210 Å². The van der Waals surface area contributed by atoms with Gasteiger partial charge >= 0.3 is 0 Å². The summed E-state index contributed by atoms with van der Waals surface area (Å²) in [5.41, 5.74) is 1.85. The number of carbonyl (C=O) groups is 2. The molecule has 10 nitrogen and oxygen atoms in total. The molecule has 0 saturated carbocycles. The molecule has 2 N–H and O–H groups in total. The number of nitrogens with one attached hydrogen (secondary N) is 2. The number of carbonyl (C=O) groups excluding carboxylic acids is 2. The number of piperidine rings is 1. The van der Waals surface area contributed by atoms with Crippen LogP contribution in [0.2, 0.25) is 0 Å². The molecule has 1 fully saturated rings. The van der Waals surface area contributed by atoms with Gasteiger partial charge < -0.3 is 24.8 Å². The molecule has 10 heteroatoms. The molecular weight excluding hydrogens is 458 g/mol. The monoisotopic (exact) mass is 489 g/mol. The van der Waals surface area contributed by atoms with Gasteiger partial charge in [0, 0.05) is 24.8 Å². The van der Waals surface area contributed by atoms with Gasteiger partial charge in [0.2, 0.25) is 17.8 Å². The third-order valence-corrected chi connectivity index (χ3v) is 6.22. The second kappa shape index (κ2) is 11.0. The molecular formula is C26H31N7O3. The van der Waals surface area contributed by atoms with Crippen LogP contribution in [0, 0.1) is 0 Å². The van der Waals surface area contributed by atoms with Crippen molar-refractivity contribution in [2.24, 2.45) is 0 Å². The number of benzene rings is 1. The minimum absolute atomic E-state index is 0.0623. The Morgan fingerprint density at radius 1 is 1.17 bits per heavy atom. The topological polar surface area (TPSA) is 114 Å². The van der Waals surface area contributed by atoms with Gasteiger partial charge in [0.05, 0.1) is 12.4 Å². The highest BCUT2D eigenvalue weighted by atomic mass is 16.5. The third-order valence-electron chi connectivity index (χ3n) is 6.22. The van der Waals surface area contributed by atoms with E-state index in [1.807, 2.05) is 35.8 Å². The van der Waals surface area contributed by atoms with Gasteiger partial charge in [0.25, 0.3) is 0 Å². The van der Waals surface area contributed by atoms with Crippen LogP contribution in [-0.4, -0.2) is 55.4 Å². The minimum atomic E-state index is -0.390. The zero-order valence-corrected chi connectivity index (χ0v) is 20.6. The smallest absolute Gasteiger partial charge is 0.248 e. The summed E-state index contributed by atoms with van der Waals surface area (Å²) in [6.45, 7) is 12.4. The zero-order valence-electron chi connectivity index (χ0n) is 20.6. The minimum Gasteiger partial charge on any atom is -0.491 e. The lowest BCUT2D eigenvalue weighted by atomic mass is 10.0. The highest BCUT2D eigenvalue weighted by molar-refractivity contribution is 6.02. The van der Waals surface area contributed by atoms with Gasteiger partial charge in [-0.25, -0.2) is 4.98 Å². The number of fused-ring (bicyclic) bond motifs is 1. The first-order valence-corrected chi connectivity index (χ1v) is 12.0. The molecule has 1 atom stereocenters. The van der Waals surface area contributed by atoms with Crippen molar-refractivity contribution >= 4 is 40.4 Å². The number of rotatable bonds is 9. The van der Waals surface area contributed by atoms with Gasteiger partial charge in [-0.2, -0.15) is 9.97 Å². The number of ether oxygens (including phenoxy) is 1. The summed E-state index contributed by atoms with van der Waals surface area (Å²) in [5.74, 6) is 0.941. The standard InChI is InChI=1S/C26H31N7O3/c1-5-17(4)36-20-10-8-18(9-11-20)28-26-30-24(29-21(34)6-2)23-25(31-26)33(16-27-23)19-12-14-32(15-13-19)22(35)7-3/h6-11,16-17,19H,2-3,5,12-15H2,1,4H3,(H2,28,29,30,31,34)/t17-/m0/s1. The number of amides is 2. The van der Waals surface area contributed by atoms with E-state index in [9.17, 15) is 9.59 Å². The summed E-state index contributed by atoms with van der Waals surface area (Å²) >= 11 is 0. The number of aromatic nitrogens is 4. The molecule has 2 aromatic heterocycles. The van der Waals surface area contributed by atoms with Crippen molar-refractivity contribution in [3.8, 4) is 5.75 Å². The Kier molecular flexibility index (Phi) is 7.62. The molecule has 2 amide bonds. The van der Waals surface area contributed by atoms with E-state index in [1.165, 1.54) is 12.2 Å².